The minimum Gasteiger partial charge on any atom is -0.454 e. The average molecular weight is 463 g/mol. The molecule has 0 aliphatic carbocycles. The third kappa shape index (κ3) is 4.06. The van der Waals surface area contributed by atoms with Crippen LogP contribution in [0, 0.1) is 0 Å². The second kappa shape index (κ2) is 8.64. The normalized spacial score (nSPS) is 16.2. The van der Waals surface area contributed by atoms with Gasteiger partial charge in [-0.15, -0.1) is 0 Å². The number of benzene rings is 3. The van der Waals surface area contributed by atoms with Gasteiger partial charge in [0.05, 0.1) is 4.91 Å². The van der Waals surface area contributed by atoms with Crippen molar-refractivity contribution >= 4 is 62.7 Å². The third-order valence-corrected chi connectivity index (χ3v) is 6.57. The summed E-state index contributed by atoms with van der Waals surface area (Å²) in [5, 5.41) is 4.97. The van der Waals surface area contributed by atoms with Crippen molar-refractivity contribution < 1.29 is 19.1 Å². The van der Waals surface area contributed by atoms with E-state index in [0.29, 0.717) is 20.7 Å². The number of nitrogens with one attached hydrogen (secondary N) is 1. The Bertz CT molecular complexity index is 1280. The first-order valence-electron chi connectivity index (χ1n) is 10.0. The van der Waals surface area contributed by atoms with Crippen molar-refractivity contribution in [2.24, 2.45) is 0 Å². The molecule has 1 saturated heterocycles. The van der Waals surface area contributed by atoms with Crippen molar-refractivity contribution in [2.75, 3.05) is 18.7 Å². The summed E-state index contributed by atoms with van der Waals surface area (Å²) in [4.78, 5) is 27.4. The molecular weight excluding hydrogens is 444 g/mol. The summed E-state index contributed by atoms with van der Waals surface area (Å²) in [7, 11) is 0. The Labute approximate surface area is 194 Å². The van der Waals surface area contributed by atoms with Gasteiger partial charge in [-0.25, -0.2) is 0 Å². The van der Waals surface area contributed by atoms with Crippen LogP contribution < -0.4 is 14.8 Å². The van der Waals surface area contributed by atoms with Crippen LogP contribution in [0.1, 0.15) is 12.0 Å². The lowest BCUT2D eigenvalue weighted by molar-refractivity contribution is -0.122. The predicted molar refractivity (Wildman–Crippen MR) is 130 cm³/mol. The van der Waals surface area contributed by atoms with Crippen LogP contribution in [0.5, 0.6) is 11.5 Å². The van der Waals surface area contributed by atoms with Crippen molar-refractivity contribution in [3.8, 4) is 11.5 Å². The number of thioether (sulfide) groups is 1. The van der Waals surface area contributed by atoms with Gasteiger partial charge in [-0.1, -0.05) is 66.4 Å². The van der Waals surface area contributed by atoms with Crippen LogP contribution in [-0.4, -0.2) is 34.4 Å². The fourth-order valence-corrected chi connectivity index (χ4v) is 4.92. The van der Waals surface area contributed by atoms with E-state index < -0.39 is 0 Å². The Kier molecular flexibility index (Phi) is 5.55. The lowest BCUT2D eigenvalue weighted by atomic mass is 10.1. The van der Waals surface area contributed by atoms with Gasteiger partial charge in [-0.3, -0.25) is 14.5 Å². The number of hydrogen-bond donors (Lipinski definition) is 1. The van der Waals surface area contributed by atoms with Crippen molar-refractivity contribution in [1.29, 1.82) is 0 Å². The predicted octanol–water partition coefficient (Wildman–Crippen LogP) is 4.80. The molecule has 2 aliphatic rings. The highest BCUT2D eigenvalue weighted by Crippen LogP contribution is 2.36. The van der Waals surface area contributed by atoms with Gasteiger partial charge in [0.25, 0.3) is 5.91 Å². The molecule has 160 valence electrons. The van der Waals surface area contributed by atoms with E-state index in [1.54, 1.807) is 6.08 Å². The molecule has 1 N–H and O–H groups in total. The zero-order valence-electron chi connectivity index (χ0n) is 16.9. The fraction of sp³-hybridized carbons (Fsp3) is 0.125. The van der Waals surface area contributed by atoms with E-state index >= 15 is 0 Å². The number of fused-ring (bicyclic) bond motifs is 2. The van der Waals surface area contributed by atoms with Crippen LogP contribution in [-0.2, 0) is 9.59 Å². The molecule has 2 aliphatic heterocycles. The maximum absolute atomic E-state index is 12.9. The van der Waals surface area contributed by atoms with Crippen molar-refractivity contribution in [3.63, 3.8) is 0 Å². The molecular formula is C24H18N2O4S2. The molecule has 0 saturated carbocycles. The highest BCUT2D eigenvalue weighted by molar-refractivity contribution is 8.26. The van der Waals surface area contributed by atoms with Gasteiger partial charge in [0.1, 0.15) is 4.32 Å². The number of nitrogens with zero attached hydrogens (tertiary/aromatic N) is 1. The first-order valence-corrected chi connectivity index (χ1v) is 11.2. The van der Waals surface area contributed by atoms with E-state index in [1.807, 2.05) is 60.7 Å². The van der Waals surface area contributed by atoms with Crippen molar-refractivity contribution in [2.45, 2.75) is 6.42 Å². The number of carbonyl (C=O) groups excluding carboxylic acids is 2. The molecule has 0 spiro atoms. The second-order valence-electron chi connectivity index (χ2n) is 7.27. The molecule has 5 rings (SSSR count). The topological polar surface area (TPSA) is 67.9 Å². The number of rotatable bonds is 5. The van der Waals surface area contributed by atoms with Crippen LogP contribution >= 0.6 is 24.0 Å². The van der Waals surface area contributed by atoms with Gasteiger partial charge in [0, 0.05) is 24.0 Å². The first-order chi connectivity index (χ1) is 15.6. The molecule has 0 bridgehead atoms. The summed E-state index contributed by atoms with van der Waals surface area (Å²) in [6, 6.07) is 19.1. The molecule has 0 unspecified atom stereocenters. The first kappa shape index (κ1) is 20.5. The minimum atomic E-state index is -0.198. The van der Waals surface area contributed by atoms with Gasteiger partial charge >= 0.3 is 0 Å². The Morgan fingerprint density at radius 1 is 1.09 bits per heavy atom. The number of hydrogen-bond acceptors (Lipinski definition) is 6. The van der Waals surface area contributed by atoms with E-state index in [2.05, 4.69) is 5.32 Å². The van der Waals surface area contributed by atoms with E-state index in [9.17, 15) is 9.59 Å². The smallest absolute Gasteiger partial charge is 0.266 e. The monoisotopic (exact) mass is 462 g/mol. The van der Waals surface area contributed by atoms with E-state index in [4.69, 9.17) is 21.7 Å². The fourth-order valence-electron chi connectivity index (χ4n) is 3.61. The van der Waals surface area contributed by atoms with Gasteiger partial charge in [-0.2, -0.15) is 0 Å². The highest BCUT2D eigenvalue weighted by atomic mass is 32.2. The summed E-state index contributed by atoms with van der Waals surface area (Å²) in [6.07, 6.45) is 1.92. The van der Waals surface area contributed by atoms with Crippen LogP contribution in [0.25, 0.3) is 16.8 Å². The van der Waals surface area contributed by atoms with E-state index in [-0.39, 0.29) is 31.6 Å². The molecule has 2 heterocycles. The number of carbonyl (C=O) groups is 2. The Balaban J connectivity index is 1.24. The number of amides is 2. The molecule has 0 atom stereocenters. The van der Waals surface area contributed by atoms with Crippen molar-refractivity contribution in [3.05, 3.63) is 71.1 Å². The Morgan fingerprint density at radius 3 is 2.81 bits per heavy atom. The van der Waals surface area contributed by atoms with Crippen LogP contribution in [0.3, 0.4) is 0 Å². The van der Waals surface area contributed by atoms with Gasteiger partial charge in [-0.05, 0) is 35.2 Å². The van der Waals surface area contributed by atoms with Crippen LogP contribution in [0.2, 0.25) is 0 Å². The molecule has 6 nitrogen and oxygen atoms in total. The summed E-state index contributed by atoms with van der Waals surface area (Å²) in [5.74, 6) is 0.969. The third-order valence-electron chi connectivity index (χ3n) is 5.19. The lowest BCUT2D eigenvalue weighted by Crippen LogP contribution is -2.31. The maximum atomic E-state index is 12.9. The van der Waals surface area contributed by atoms with Crippen LogP contribution in [0.4, 0.5) is 5.69 Å². The van der Waals surface area contributed by atoms with E-state index in [0.717, 1.165) is 22.0 Å². The zero-order chi connectivity index (χ0) is 22.1. The molecule has 1 fully saturated rings. The van der Waals surface area contributed by atoms with Crippen molar-refractivity contribution in [1.82, 2.24) is 4.90 Å². The lowest BCUT2D eigenvalue weighted by Gasteiger charge is -2.14. The number of anilines is 1. The molecule has 3 aromatic carbocycles. The van der Waals surface area contributed by atoms with Gasteiger partial charge in [0.2, 0.25) is 12.7 Å². The standard InChI is InChI=1S/C24H18N2O4S2/c27-22(25-18-7-3-5-16-4-1-2-6-17(16)18)10-11-26-23(28)21(32-24(26)31)13-15-8-9-19-20(12-15)30-14-29-19/h1-9,12-13H,10-11,14H2,(H,25,27). The number of thiocarbonyl (C=S) groups is 1. The zero-order valence-corrected chi connectivity index (χ0v) is 18.5. The molecule has 32 heavy (non-hydrogen) atoms. The number of ether oxygens (including phenoxy) is 2. The van der Waals surface area contributed by atoms with Gasteiger partial charge < -0.3 is 14.8 Å². The summed E-state index contributed by atoms with van der Waals surface area (Å²) >= 11 is 6.62. The summed E-state index contributed by atoms with van der Waals surface area (Å²) in [5.41, 5.74) is 1.57. The SMILES string of the molecule is O=C(CCN1C(=O)C(=Cc2ccc3c(c2)OCO3)SC1=S)Nc1cccc2ccccc12. The largest absolute Gasteiger partial charge is 0.454 e. The minimum absolute atomic E-state index is 0.146. The van der Waals surface area contributed by atoms with Gasteiger partial charge in [0.15, 0.2) is 11.5 Å². The molecule has 2 amide bonds. The Morgan fingerprint density at radius 2 is 1.91 bits per heavy atom. The van der Waals surface area contributed by atoms with E-state index in [1.165, 1.54) is 16.7 Å². The average Bonchev–Trinajstić information content (AvgIpc) is 3.36. The highest BCUT2D eigenvalue weighted by Gasteiger charge is 2.32. The Hall–Kier alpha value is -3.36. The van der Waals surface area contributed by atoms with Crippen LogP contribution in [0.15, 0.2) is 65.6 Å². The second-order valence-corrected chi connectivity index (χ2v) is 8.95. The summed E-state index contributed by atoms with van der Waals surface area (Å²) < 4.78 is 11.2. The summed E-state index contributed by atoms with van der Waals surface area (Å²) in [6.45, 7) is 0.418. The maximum Gasteiger partial charge on any atom is 0.266 e. The molecule has 8 heteroatoms. The molecule has 0 aromatic heterocycles. The molecule has 0 radical (unpaired) electrons. The molecule has 3 aromatic rings. The quantitative estimate of drug-likeness (QED) is 0.434.